The number of methoxy groups -OCH3 is 1. The molecule has 0 aliphatic carbocycles. The van der Waals surface area contributed by atoms with Crippen LogP contribution in [0, 0.1) is 0 Å². The van der Waals surface area contributed by atoms with Crippen molar-refractivity contribution in [3.05, 3.63) is 94.5 Å². The van der Waals surface area contributed by atoms with E-state index in [4.69, 9.17) is 21.1 Å². The predicted octanol–water partition coefficient (Wildman–Crippen LogP) is 6.33. The number of hydrogen-bond acceptors (Lipinski definition) is 4. The van der Waals surface area contributed by atoms with Crippen LogP contribution >= 0.6 is 11.6 Å². The lowest BCUT2D eigenvalue weighted by atomic mass is 9.82. The molecule has 0 bridgehead atoms. The van der Waals surface area contributed by atoms with Gasteiger partial charge in [0.1, 0.15) is 23.7 Å². The van der Waals surface area contributed by atoms with Crippen LogP contribution in [0.3, 0.4) is 0 Å². The lowest BCUT2D eigenvalue weighted by Gasteiger charge is -2.30. The van der Waals surface area contributed by atoms with Gasteiger partial charge in [0.25, 0.3) is 0 Å². The van der Waals surface area contributed by atoms with E-state index in [9.17, 15) is 5.11 Å². The normalized spacial score (nSPS) is 13.0. The Hall–Kier alpha value is -2.53. The molecule has 1 N–H and O–H groups in total. The summed E-state index contributed by atoms with van der Waals surface area (Å²) in [6.45, 7) is 7.89. The van der Waals surface area contributed by atoms with Crippen LogP contribution in [0.15, 0.2) is 72.8 Å². The highest BCUT2D eigenvalue weighted by atomic mass is 35.5. The van der Waals surface area contributed by atoms with Crippen LogP contribution in [0.1, 0.15) is 43.4 Å². The van der Waals surface area contributed by atoms with E-state index in [1.165, 1.54) is 5.56 Å². The van der Waals surface area contributed by atoms with E-state index in [0.717, 1.165) is 60.1 Å². The third kappa shape index (κ3) is 6.99. The molecule has 0 radical (unpaired) electrons. The molecule has 0 aliphatic rings. The van der Waals surface area contributed by atoms with E-state index in [1.54, 1.807) is 7.11 Å². The molecule has 5 heteroatoms. The molecule has 0 aromatic heterocycles. The number of halogens is 1. The molecule has 0 saturated heterocycles. The highest BCUT2D eigenvalue weighted by Gasteiger charge is 2.31. The maximum absolute atomic E-state index is 11.9. The van der Waals surface area contributed by atoms with Crippen molar-refractivity contribution in [3.8, 4) is 11.5 Å². The number of likely N-dealkylation sites (N-methyl/N-ethyl adjacent to an activating group) is 1. The topological polar surface area (TPSA) is 41.9 Å². The van der Waals surface area contributed by atoms with Crippen molar-refractivity contribution in [1.29, 1.82) is 0 Å². The molecule has 0 saturated carbocycles. The second-order valence-corrected chi connectivity index (χ2v) is 8.90. The fraction of sp³-hybridized carbons (Fsp3) is 0.379. The Morgan fingerprint density at radius 3 is 1.91 bits per heavy atom. The van der Waals surface area contributed by atoms with E-state index < -0.39 is 5.60 Å². The summed E-state index contributed by atoms with van der Waals surface area (Å²) in [5, 5.41) is 12.7. The number of aliphatic hydroxyl groups is 1. The van der Waals surface area contributed by atoms with Gasteiger partial charge in [-0.05, 0) is 85.4 Å². The Morgan fingerprint density at radius 2 is 1.38 bits per heavy atom. The van der Waals surface area contributed by atoms with Crippen LogP contribution in [0.5, 0.6) is 11.5 Å². The number of hydrogen-bond donors (Lipinski definition) is 1. The molecule has 1 atom stereocenters. The molecule has 0 spiro atoms. The van der Waals surface area contributed by atoms with Crippen molar-refractivity contribution in [1.82, 2.24) is 4.90 Å². The zero-order valence-electron chi connectivity index (χ0n) is 20.5. The minimum Gasteiger partial charge on any atom is -0.497 e. The molecule has 0 amide bonds. The Kier molecular flexibility index (Phi) is 9.82. The molecule has 0 fully saturated rings. The number of benzene rings is 3. The maximum atomic E-state index is 11.9. The first kappa shape index (κ1) is 26.1. The van der Waals surface area contributed by atoms with Gasteiger partial charge in [0.15, 0.2) is 0 Å². The quantitative estimate of drug-likeness (QED) is 0.310. The van der Waals surface area contributed by atoms with Crippen LogP contribution < -0.4 is 9.47 Å². The van der Waals surface area contributed by atoms with Crippen molar-refractivity contribution in [3.63, 3.8) is 0 Å². The van der Waals surface area contributed by atoms with E-state index in [-0.39, 0.29) is 0 Å². The van der Waals surface area contributed by atoms with Gasteiger partial charge in [0.2, 0.25) is 0 Å². The minimum atomic E-state index is -1.11. The number of nitrogens with zero attached hydrogens (tertiary/aromatic N) is 1. The lowest BCUT2D eigenvalue weighted by molar-refractivity contribution is 0.0687. The summed E-state index contributed by atoms with van der Waals surface area (Å²) >= 11 is 6.01. The van der Waals surface area contributed by atoms with E-state index >= 15 is 0 Å². The lowest BCUT2D eigenvalue weighted by Crippen LogP contribution is -2.28. The van der Waals surface area contributed by atoms with E-state index in [2.05, 4.69) is 18.7 Å². The maximum Gasteiger partial charge on any atom is 0.119 e. The molecular weight excluding hydrogens is 446 g/mol. The van der Waals surface area contributed by atoms with E-state index in [0.29, 0.717) is 13.0 Å². The molecule has 3 rings (SSSR count). The summed E-state index contributed by atoms with van der Waals surface area (Å²) in [5.41, 5.74) is 1.79. The van der Waals surface area contributed by atoms with Gasteiger partial charge in [-0.1, -0.05) is 61.8 Å². The Morgan fingerprint density at radius 1 is 0.824 bits per heavy atom. The Bertz CT molecular complexity index is 985. The third-order valence-electron chi connectivity index (χ3n) is 6.39. The molecule has 3 aromatic rings. The molecule has 34 heavy (non-hydrogen) atoms. The molecule has 3 aromatic carbocycles. The second kappa shape index (κ2) is 12.8. The monoisotopic (exact) mass is 481 g/mol. The van der Waals surface area contributed by atoms with Crippen molar-refractivity contribution in [2.24, 2.45) is 0 Å². The zero-order valence-corrected chi connectivity index (χ0v) is 21.2. The number of rotatable bonds is 13. The van der Waals surface area contributed by atoms with Crippen LogP contribution in [0.25, 0.3) is 0 Å². The van der Waals surface area contributed by atoms with Gasteiger partial charge in [0, 0.05) is 11.6 Å². The van der Waals surface area contributed by atoms with Crippen LogP contribution in [0.4, 0.5) is 0 Å². The molecule has 182 valence electrons. The van der Waals surface area contributed by atoms with Crippen molar-refractivity contribution in [2.45, 2.75) is 38.7 Å². The first-order valence-electron chi connectivity index (χ1n) is 12.1. The minimum absolute atomic E-state index is 0.587. The molecule has 1 unspecified atom stereocenters. The van der Waals surface area contributed by atoms with Gasteiger partial charge >= 0.3 is 0 Å². The summed E-state index contributed by atoms with van der Waals surface area (Å²) in [7, 11) is 1.65. The third-order valence-corrected chi connectivity index (χ3v) is 6.64. The highest BCUT2D eigenvalue weighted by molar-refractivity contribution is 6.30. The number of aryl methyl sites for hydroxylation is 1. The smallest absolute Gasteiger partial charge is 0.119 e. The molecule has 4 nitrogen and oxygen atoms in total. The standard InChI is InChI=1S/C29H36ClNO3/c1-4-31(5-2)21-22-34-28-18-12-25(13-19-28)29(32,24-10-16-27(33-3)17-11-24)20-6-7-23-8-14-26(30)15-9-23/h8-19,32H,4-7,20-22H2,1-3H3. The average molecular weight is 482 g/mol. The summed E-state index contributed by atoms with van der Waals surface area (Å²) in [4.78, 5) is 2.33. The summed E-state index contributed by atoms with van der Waals surface area (Å²) < 4.78 is 11.3. The number of ether oxygens (including phenoxy) is 2. The van der Waals surface area contributed by atoms with Crippen LogP contribution in [-0.4, -0.2) is 43.4 Å². The summed E-state index contributed by atoms with van der Waals surface area (Å²) in [6, 6.07) is 23.4. The first-order chi connectivity index (χ1) is 16.5. The fourth-order valence-corrected chi connectivity index (χ4v) is 4.31. The average Bonchev–Trinajstić information content (AvgIpc) is 2.88. The summed E-state index contributed by atoms with van der Waals surface area (Å²) in [6.07, 6.45) is 2.28. The predicted molar refractivity (Wildman–Crippen MR) is 140 cm³/mol. The molecule has 0 aliphatic heterocycles. The highest BCUT2D eigenvalue weighted by Crippen LogP contribution is 2.36. The Balaban J connectivity index is 1.74. The van der Waals surface area contributed by atoms with Gasteiger partial charge in [-0.3, -0.25) is 0 Å². The SMILES string of the molecule is CCN(CC)CCOc1ccc(C(O)(CCCc2ccc(Cl)cc2)c2ccc(OC)cc2)cc1. The van der Waals surface area contributed by atoms with Gasteiger partial charge < -0.3 is 19.5 Å². The van der Waals surface area contributed by atoms with Crippen molar-refractivity contribution < 1.29 is 14.6 Å². The Labute approximate surface area is 209 Å². The first-order valence-corrected chi connectivity index (χ1v) is 12.4. The van der Waals surface area contributed by atoms with Crippen LogP contribution in [-0.2, 0) is 12.0 Å². The van der Waals surface area contributed by atoms with Crippen molar-refractivity contribution in [2.75, 3.05) is 33.4 Å². The second-order valence-electron chi connectivity index (χ2n) is 8.47. The van der Waals surface area contributed by atoms with Gasteiger partial charge in [-0.15, -0.1) is 0 Å². The van der Waals surface area contributed by atoms with Gasteiger partial charge in [-0.25, -0.2) is 0 Å². The zero-order chi connectivity index (χ0) is 24.4. The van der Waals surface area contributed by atoms with Crippen LogP contribution in [0.2, 0.25) is 5.02 Å². The fourth-order valence-electron chi connectivity index (χ4n) is 4.18. The summed E-state index contributed by atoms with van der Waals surface area (Å²) in [5.74, 6) is 1.58. The molecular formula is C29H36ClNO3. The van der Waals surface area contributed by atoms with Gasteiger partial charge in [0.05, 0.1) is 7.11 Å². The van der Waals surface area contributed by atoms with Gasteiger partial charge in [-0.2, -0.15) is 0 Å². The van der Waals surface area contributed by atoms with Crippen molar-refractivity contribution >= 4 is 11.6 Å². The molecule has 0 heterocycles. The largest absolute Gasteiger partial charge is 0.497 e. The van der Waals surface area contributed by atoms with E-state index in [1.807, 2.05) is 72.8 Å².